The van der Waals surface area contributed by atoms with Gasteiger partial charge in [0.05, 0.1) is 30.5 Å². The molecule has 7 heteroatoms. The summed E-state index contributed by atoms with van der Waals surface area (Å²) >= 11 is 0. The maximum Gasteiger partial charge on any atom is 0.309 e. The summed E-state index contributed by atoms with van der Waals surface area (Å²) in [5.41, 5.74) is 0.904. The highest BCUT2D eigenvalue weighted by Crippen LogP contribution is 2.10. The molecule has 0 aromatic carbocycles. The molecule has 1 aliphatic heterocycles. The number of aromatic nitrogens is 1. The van der Waals surface area contributed by atoms with E-state index in [1.54, 1.807) is 12.1 Å². The molecule has 0 saturated carbocycles. The zero-order valence-corrected chi connectivity index (χ0v) is 10.8. The number of aliphatic carboxylic acids is 1. The van der Waals surface area contributed by atoms with E-state index in [0.29, 0.717) is 24.3 Å². The molecule has 1 aliphatic rings. The minimum absolute atomic E-state index is 0.00455. The average molecular weight is 277 g/mol. The topological polar surface area (TPSA) is 99.6 Å². The predicted molar refractivity (Wildman–Crippen MR) is 70.0 cm³/mol. The van der Waals surface area contributed by atoms with E-state index in [2.05, 4.69) is 10.3 Å². The summed E-state index contributed by atoms with van der Waals surface area (Å²) in [7, 11) is 0. The Morgan fingerprint density at radius 1 is 1.40 bits per heavy atom. The third-order valence-corrected chi connectivity index (χ3v) is 2.95. The minimum Gasteiger partial charge on any atom is -0.481 e. The van der Waals surface area contributed by atoms with Crippen molar-refractivity contribution in [2.45, 2.75) is 19.3 Å². The van der Waals surface area contributed by atoms with Crippen LogP contribution in [0.3, 0.4) is 0 Å². The van der Waals surface area contributed by atoms with E-state index in [0.717, 1.165) is 6.42 Å². The number of carboxylic acids is 1. The molecule has 0 bridgehead atoms. The van der Waals surface area contributed by atoms with Crippen molar-refractivity contribution in [3.05, 3.63) is 24.0 Å². The lowest BCUT2D eigenvalue weighted by Gasteiger charge is -2.14. The van der Waals surface area contributed by atoms with E-state index in [1.807, 2.05) is 0 Å². The van der Waals surface area contributed by atoms with Crippen LogP contribution in [0.1, 0.15) is 18.5 Å². The van der Waals surface area contributed by atoms with Crippen LogP contribution in [0.5, 0.6) is 0 Å². The molecule has 2 heterocycles. The molecule has 1 saturated heterocycles. The molecule has 106 valence electrons. The fraction of sp³-hybridized carbons (Fsp3) is 0.385. The molecule has 0 spiro atoms. The van der Waals surface area contributed by atoms with E-state index in [1.165, 1.54) is 11.1 Å². The maximum atomic E-state index is 11.7. The lowest BCUT2D eigenvalue weighted by Crippen LogP contribution is -2.33. The Balaban J connectivity index is 1.87. The normalized spacial score (nSPS) is 14.4. The number of amides is 2. The first-order chi connectivity index (χ1) is 9.54. The smallest absolute Gasteiger partial charge is 0.309 e. The van der Waals surface area contributed by atoms with E-state index >= 15 is 0 Å². The van der Waals surface area contributed by atoms with Gasteiger partial charge >= 0.3 is 5.97 Å². The molecular formula is C13H15N3O4. The standard InChI is InChI=1S/C13H15N3O4/c17-11(8-16-5-1-2-12(16)18)15-10-4-3-9(14-7-10)6-13(19)20/h3-4,7H,1-2,5-6,8H2,(H,15,17)(H,19,20). The summed E-state index contributed by atoms with van der Waals surface area (Å²) in [5, 5.41) is 11.2. The van der Waals surface area contributed by atoms with Gasteiger partial charge in [-0.15, -0.1) is 0 Å². The van der Waals surface area contributed by atoms with Gasteiger partial charge < -0.3 is 15.3 Å². The number of likely N-dealkylation sites (tertiary alicyclic amines) is 1. The number of anilines is 1. The van der Waals surface area contributed by atoms with Crippen molar-refractivity contribution in [1.82, 2.24) is 9.88 Å². The zero-order valence-electron chi connectivity index (χ0n) is 10.8. The van der Waals surface area contributed by atoms with Gasteiger partial charge in [0.1, 0.15) is 0 Å². The highest BCUT2D eigenvalue weighted by Gasteiger charge is 2.22. The van der Waals surface area contributed by atoms with Crippen molar-refractivity contribution < 1.29 is 19.5 Å². The Hall–Kier alpha value is -2.44. The molecule has 0 radical (unpaired) electrons. The largest absolute Gasteiger partial charge is 0.481 e. The lowest BCUT2D eigenvalue weighted by atomic mass is 10.2. The number of carboxylic acid groups (broad SMARTS) is 1. The number of carbonyl (C=O) groups is 3. The van der Waals surface area contributed by atoms with Gasteiger partial charge in [0, 0.05) is 13.0 Å². The third-order valence-electron chi connectivity index (χ3n) is 2.95. The molecular weight excluding hydrogens is 262 g/mol. The number of hydrogen-bond acceptors (Lipinski definition) is 4. The van der Waals surface area contributed by atoms with Gasteiger partial charge in [0.15, 0.2) is 0 Å². The molecule has 0 aliphatic carbocycles. The fourth-order valence-corrected chi connectivity index (χ4v) is 2.00. The van der Waals surface area contributed by atoms with Crippen molar-refractivity contribution in [3.8, 4) is 0 Å². The second-order valence-corrected chi connectivity index (χ2v) is 4.58. The first-order valence-electron chi connectivity index (χ1n) is 6.29. The van der Waals surface area contributed by atoms with Crippen molar-refractivity contribution in [3.63, 3.8) is 0 Å². The van der Waals surface area contributed by atoms with Crippen LogP contribution in [-0.2, 0) is 20.8 Å². The summed E-state index contributed by atoms with van der Waals surface area (Å²) in [4.78, 5) is 39.1. The monoisotopic (exact) mass is 277 g/mol. The maximum absolute atomic E-state index is 11.7. The van der Waals surface area contributed by atoms with Crippen molar-refractivity contribution >= 4 is 23.5 Å². The Morgan fingerprint density at radius 3 is 2.75 bits per heavy atom. The second-order valence-electron chi connectivity index (χ2n) is 4.58. The quantitative estimate of drug-likeness (QED) is 0.804. The van der Waals surface area contributed by atoms with Crippen LogP contribution in [0.4, 0.5) is 5.69 Å². The lowest BCUT2D eigenvalue weighted by molar-refractivity contribution is -0.136. The van der Waals surface area contributed by atoms with Gasteiger partial charge in [0.25, 0.3) is 0 Å². The van der Waals surface area contributed by atoms with Crippen LogP contribution in [0.25, 0.3) is 0 Å². The molecule has 7 nitrogen and oxygen atoms in total. The van der Waals surface area contributed by atoms with Crippen LogP contribution in [0.15, 0.2) is 18.3 Å². The predicted octanol–water partition coefficient (Wildman–Crippen LogP) is 0.270. The van der Waals surface area contributed by atoms with E-state index in [-0.39, 0.29) is 24.8 Å². The highest BCUT2D eigenvalue weighted by atomic mass is 16.4. The van der Waals surface area contributed by atoms with E-state index in [4.69, 9.17) is 5.11 Å². The molecule has 1 aromatic rings. The van der Waals surface area contributed by atoms with Crippen LogP contribution < -0.4 is 5.32 Å². The molecule has 1 aromatic heterocycles. The number of carbonyl (C=O) groups excluding carboxylic acids is 2. The van der Waals surface area contributed by atoms with Crippen LogP contribution >= 0.6 is 0 Å². The molecule has 2 N–H and O–H groups in total. The first kappa shape index (κ1) is 14.0. The summed E-state index contributed by atoms with van der Waals surface area (Å²) in [5.74, 6) is -1.25. The molecule has 2 rings (SSSR count). The number of hydrogen-bond donors (Lipinski definition) is 2. The van der Waals surface area contributed by atoms with Gasteiger partial charge in [-0.05, 0) is 18.6 Å². The second kappa shape index (κ2) is 6.14. The summed E-state index contributed by atoms with van der Waals surface area (Å²) in [6.07, 6.45) is 2.54. The van der Waals surface area contributed by atoms with Crippen LogP contribution in [0, 0.1) is 0 Å². The first-order valence-corrected chi connectivity index (χ1v) is 6.29. The SMILES string of the molecule is O=C(O)Cc1ccc(NC(=O)CN2CCCC2=O)cn1. The van der Waals surface area contributed by atoms with Gasteiger partial charge in [-0.2, -0.15) is 0 Å². The van der Waals surface area contributed by atoms with Gasteiger partial charge in [-0.1, -0.05) is 0 Å². The average Bonchev–Trinajstić information content (AvgIpc) is 2.77. The van der Waals surface area contributed by atoms with Crippen molar-refractivity contribution in [2.75, 3.05) is 18.4 Å². The fourth-order valence-electron chi connectivity index (χ4n) is 2.00. The van der Waals surface area contributed by atoms with E-state index < -0.39 is 5.97 Å². The number of nitrogens with one attached hydrogen (secondary N) is 1. The van der Waals surface area contributed by atoms with Crippen LogP contribution in [-0.4, -0.2) is 45.9 Å². The zero-order chi connectivity index (χ0) is 14.5. The minimum atomic E-state index is -0.957. The van der Waals surface area contributed by atoms with Crippen molar-refractivity contribution in [2.24, 2.45) is 0 Å². The number of nitrogens with zero attached hydrogens (tertiary/aromatic N) is 2. The molecule has 1 fully saturated rings. The van der Waals surface area contributed by atoms with Crippen LogP contribution in [0.2, 0.25) is 0 Å². The Bertz CT molecular complexity index is 527. The molecule has 0 unspecified atom stereocenters. The highest BCUT2D eigenvalue weighted by molar-refractivity contribution is 5.94. The summed E-state index contributed by atoms with van der Waals surface area (Å²) in [6.45, 7) is 0.651. The Morgan fingerprint density at radius 2 is 2.20 bits per heavy atom. The number of rotatable bonds is 5. The van der Waals surface area contributed by atoms with Gasteiger partial charge in [-0.25, -0.2) is 0 Å². The summed E-state index contributed by atoms with van der Waals surface area (Å²) in [6, 6.07) is 3.14. The number of pyridine rings is 1. The molecule has 0 atom stereocenters. The summed E-state index contributed by atoms with van der Waals surface area (Å²) < 4.78 is 0. The Labute approximate surface area is 115 Å². The van der Waals surface area contributed by atoms with E-state index in [9.17, 15) is 14.4 Å². The van der Waals surface area contributed by atoms with Gasteiger partial charge in [-0.3, -0.25) is 19.4 Å². The van der Waals surface area contributed by atoms with Gasteiger partial charge in [0.2, 0.25) is 11.8 Å². The molecule has 2 amide bonds. The third kappa shape index (κ3) is 3.78. The molecule has 20 heavy (non-hydrogen) atoms. The Kier molecular flexibility index (Phi) is 4.29. The van der Waals surface area contributed by atoms with Crippen molar-refractivity contribution in [1.29, 1.82) is 0 Å².